The number of amides is 1. The third-order valence-corrected chi connectivity index (χ3v) is 3.78. The van der Waals surface area contributed by atoms with E-state index in [9.17, 15) is 9.18 Å². The number of carbonyl (C=O) groups is 1. The molecule has 21 heavy (non-hydrogen) atoms. The van der Waals surface area contributed by atoms with Crippen LogP contribution in [0, 0.1) is 5.82 Å². The molecule has 1 N–H and O–H groups in total. The van der Waals surface area contributed by atoms with Crippen LogP contribution in [0.4, 0.5) is 4.39 Å². The van der Waals surface area contributed by atoms with Gasteiger partial charge in [0, 0.05) is 19.6 Å². The highest BCUT2D eigenvalue weighted by atomic mass is 35.5. The Hall–Kier alpha value is -1.17. The molecular weight excluding hydrogens is 295 g/mol. The second kappa shape index (κ2) is 8.32. The molecule has 1 aliphatic rings. The van der Waals surface area contributed by atoms with Gasteiger partial charge < -0.3 is 10.1 Å². The van der Waals surface area contributed by atoms with Crippen LogP contribution in [-0.2, 0) is 4.74 Å². The quantitative estimate of drug-likeness (QED) is 0.819. The number of hydrogen-bond acceptors (Lipinski definition) is 3. The Morgan fingerprint density at radius 3 is 2.81 bits per heavy atom. The molecule has 6 heteroatoms. The molecule has 0 atom stereocenters. The van der Waals surface area contributed by atoms with Crippen LogP contribution in [0.1, 0.15) is 23.2 Å². The SMILES string of the molecule is O=C(NCCCCN1CCOCC1)c1ccc(F)cc1Cl. The van der Waals surface area contributed by atoms with Crippen molar-refractivity contribution in [3.05, 3.63) is 34.6 Å². The van der Waals surface area contributed by atoms with E-state index in [1.807, 2.05) is 0 Å². The number of nitrogens with zero attached hydrogens (tertiary/aromatic N) is 1. The molecule has 0 aromatic heterocycles. The van der Waals surface area contributed by atoms with E-state index in [2.05, 4.69) is 10.2 Å². The topological polar surface area (TPSA) is 41.6 Å². The lowest BCUT2D eigenvalue weighted by Gasteiger charge is -2.26. The Bertz CT molecular complexity index is 479. The number of benzene rings is 1. The summed E-state index contributed by atoms with van der Waals surface area (Å²) in [5.74, 6) is -0.701. The van der Waals surface area contributed by atoms with Crippen LogP contribution >= 0.6 is 11.6 Å². The van der Waals surface area contributed by atoms with Gasteiger partial charge in [-0.15, -0.1) is 0 Å². The summed E-state index contributed by atoms with van der Waals surface area (Å²) in [7, 11) is 0. The van der Waals surface area contributed by atoms with Crippen LogP contribution in [0.15, 0.2) is 18.2 Å². The largest absolute Gasteiger partial charge is 0.379 e. The first-order valence-corrected chi connectivity index (χ1v) is 7.58. The average molecular weight is 315 g/mol. The third kappa shape index (κ3) is 5.26. The molecular formula is C15H20ClFN2O2. The van der Waals surface area contributed by atoms with Crippen LogP contribution < -0.4 is 5.32 Å². The molecule has 1 saturated heterocycles. The summed E-state index contributed by atoms with van der Waals surface area (Å²) in [4.78, 5) is 14.3. The lowest BCUT2D eigenvalue weighted by molar-refractivity contribution is 0.0372. The summed E-state index contributed by atoms with van der Waals surface area (Å²) in [5, 5.41) is 2.95. The zero-order valence-corrected chi connectivity index (χ0v) is 12.7. The standard InChI is InChI=1S/C15H20ClFN2O2/c16-14-11-12(17)3-4-13(14)15(20)18-5-1-2-6-19-7-9-21-10-8-19/h3-4,11H,1-2,5-10H2,(H,18,20). The number of unbranched alkanes of at least 4 members (excludes halogenated alkanes) is 1. The van der Waals surface area contributed by atoms with Gasteiger partial charge >= 0.3 is 0 Å². The second-order valence-electron chi connectivity index (χ2n) is 5.04. The summed E-state index contributed by atoms with van der Waals surface area (Å²) in [6.45, 7) is 5.20. The van der Waals surface area contributed by atoms with Gasteiger partial charge in [0.25, 0.3) is 5.91 Å². The Labute approximate surface area is 129 Å². The van der Waals surface area contributed by atoms with Gasteiger partial charge in [-0.3, -0.25) is 9.69 Å². The predicted molar refractivity (Wildman–Crippen MR) is 80.2 cm³/mol. The first kappa shape index (κ1) is 16.2. The number of hydrogen-bond donors (Lipinski definition) is 1. The fourth-order valence-corrected chi connectivity index (χ4v) is 2.51. The van der Waals surface area contributed by atoms with Crippen molar-refractivity contribution in [1.29, 1.82) is 0 Å². The molecule has 0 radical (unpaired) electrons. The summed E-state index contributed by atoms with van der Waals surface area (Å²) in [6.07, 6.45) is 1.93. The van der Waals surface area contributed by atoms with Crippen LogP contribution in [0.3, 0.4) is 0 Å². The maximum Gasteiger partial charge on any atom is 0.252 e. The van der Waals surface area contributed by atoms with Gasteiger partial charge in [-0.05, 0) is 37.6 Å². The highest BCUT2D eigenvalue weighted by Crippen LogP contribution is 2.16. The van der Waals surface area contributed by atoms with E-state index in [0.29, 0.717) is 12.1 Å². The van der Waals surface area contributed by atoms with Crippen molar-refractivity contribution < 1.29 is 13.9 Å². The van der Waals surface area contributed by atoms with E-state index in [0.717, 1.165) is 51.8 Å². The Morgan fingerprint density at radius 1 is 1.33 bits per heavy atom. The molecule has 0 bridgehead atoms. The molecule has 0 aliphatic carbocycles. The number of nitrogens with one attached hydrogen (secondary N) is 1. The predicted octanol–water partition coefficient (Wildman–Crippen LogP) is 2.32. The molecule has 2 rings (SSSR count). The molecule has 1 aliphatic heterocycles. The zero-order chi connectivity index (χ0) is 15.1. The summed E-state index contributed by atoms with van der Waals surface area (Å²) in [5.41, 5.74) is 0.311. The monoisotopic (exact) mass is 314 g/mol. The number of morpholine rings is 1. The second-order valence-corrected chi connectivity index (χ2v) is 5.45. The average Bonchev–Trinajstić information content (AvgIpc) is 2.47. The van der Waals surface area contributed by atoms with Gasteiger partial charge in [-0.1, -0.05) is 11.6 Å². The van der Waals surface area contributed by atoms with Crippen molar-refractivity contribution in [3.8, 4) is 0 Å². The van der Waals surface area contributed by atoms with Crippen molar-refractivity contribution in [2.45, 2.75) is 12.8 Å². The number of carbonyl (C=O) groups excluding carboxylic acids is 1. The van der Waals surface area contributed by atoms with E-state index < -0.39 is 5.82 Å². The number of halogens is 2. The van der Waals surface area contributed by atoms with Crippen LogP contribution in [0.2, 0.25) is 5.02 Å². The lowest BCUT2D eigenvalue weighted by Crippen LogP contribution is -2.37. The maximum atomic E-state index is 12.9. The van der Waals surface area contributed by atoms with Crippen molar-refractivity contribution in [1.82, 2.24) is 10.2 Å². The van der Waals surface area contributed by atoms with Gasteiger partial charge in [0.2, 0.25) is 0 Å². The van der Waals surface area contributed by atoms with Gasteiger partial charge in [-0.25, -0.2) is 4.39 Å². The van der Waals surface area contributed by atoms with E-state index in [1.165, 1.54) is 12.1 Å². The van der Waals surface area contributed by atoms with E-state index in [1.54, 1.807) is 0 Å². The fourth-order valence-electron chi connectivity index (χ4n) is 2.26. The van der Waals surface area contributed by atoms with Crippen LogP contribution in [-0.4, -0.2) is 50.2 Å². The first-order chi connectivity index (χ1) is 10.2. The Kier molecular flexibility index (Phi) is 6.42. The molecule has 0 spiro atoms. The van der Waals surface area contributed by atoms with E-state index >= 15 is 0 Å². The van der Waals surface area contributed by atoms with E-state index in [-0.39, 0.29) is 10.9 Å². The number of rotatable bonds is 6. The van der Waals surface area contributed by atoms with E-state index in [4.69, 9.17) is 16.3 Å². The molecule has 0 unspecified atom stereocenters. The normalized spacial score (nSPS) is 15.9. The molecule has 116 valence electrons. The number of ether oxygens (including phenoxy) is 1. The third-order valence-electron chi connectivity index (χ3n) is 3.47. The fraction of sp³-hybridized carbons (Fsp3) is 0.533. The van der Waals surface area contributed by atoms with Gasteiger partial charge in [0.05, 0.1) is 23.8 Å². The maximum absolute atomic E-state index is 12.9. The molecule has 0 saturated carbocycles. The zero-order valence-electron chi connectivity index (χ0n) is 11.9. The molecule has 1 aromatic rings. The smallest absolute Gasteiger partial charge is 0.252 e. The minimum Gasteiger partial charge on any atom is -0.379 e. The molecule has 1 fully saturated rings. The van der Waals surface area contributed by atoms with Gasteiger partial charge in [-0.2, -0.15) is 0 Å². The summed E-state index contributed by atoms with van der Waals surface area (Å²) >= 11 is 5.85. The highest BCUT2D eigenvalue weighted by Gasteiger charge is 2.11. The first-order valence-electron chi connectivity index (χ1n) is 7.20. The molecule has 4 nitrogen and oxygen atoms in total. The van der Waals surface area contributed by atoms with Crippen molar-refractivity contribution in [3.63, 3.8) is 0 Å². The minimum atomic E-state index is -0.443. The van der Waals surface area contributed by atoms with Crippen molar-refractivity contribution in [2.24, 2.45) is 0 Å². The highest BCUT2D eigenvalue weighted by molar-refractivity contribution is 6.33. The molecule has 1 aromatic carbocycles. The Morgan fingerprint density at radius 2 is 2.10 bits per heavy atom. The summed E-state index contributed by atoms with van der Waals surface area (Å²) in [6, 6.07) is 3.79. The molecule has 1 heterocycles. The lowest BCUT2D eigenvalue weighted by atomic mass is 10.2. The molecule has 1 amide bonds. The van der Waals surface area contributed by atoms with Gasteiger partial charge in [0.15, 0.2) is 0 Å². The minimum absolute atomic E-state index is 0.140. The summed E-state index contributed by atoms with van der Waals surface area (Å²) < 4.78 is 18.2. The van der Waals surface area contributed by atoms with Crippen LogP contribution in [0.25, 0.3) is 0 Å². The van der Waals surface area contributed by atoms with Crippen LogP contribution in [0.5, 0.6) is 0 Å². The van der Waals surface area contributed by atoms with Crippen molar-refractivity contribution in [2.75, 3.05) is 39.4 Å². The van der Waals surface area contributed by atoms with Crippen molar-refractivity contribution >= 4 is 17.5 Å². The van der Waals surface area contributed by atoms with Gasteiger partial charge in [0.1, 0.15) is 5.82 Å². The Balaban J connectivity index is 1.64.